The fraction of sp³-hybridized carbons (Fsp3) is 0.714. The van der Waals surface area contributed by atoms with Gasteiger partial charge in [-0.25, -0.2) is 0 Å². The monoisotopic (exact) mass is 172 g/mol. The topological polar surface area (TPSA) is 58.6 Å². The van der Waals surface area contributed by atoms with Crippen LogP contribution in [0.2, 0.25) is 0 Å². The molecule has 0 saturated carbocycles. The molecule has 1 aliphatic heterocycles. The van der Waals surface area contributed by atoms with Crippen LogP contribution in [0.4, 0.5) is 0 Å². The van der Waals surface area contributed by atoms with Crippen molar-refractivity contribution in [1.29, 1.82) is 0 Å². The summed E-state index contributed by atoms with van der Waals surface area (Å²) in [6.07, 6.45) is 0. The minimum atomic E-state index is -0.132. The number of piperazine rings is 1. The molecule has 0 atom stereocenters. The molecule has 1 heterocycles. The Morgan fingerprint density at radius 2 is 2.50 bits per heavy atom. The van der Waals surface area contributed by atoms with Gasteiger partial charge in [-0.05, 0) is 0 Å². The first-order valence-corrected chi connectivity index (χ1v) is 3.77. The fourth-order valence-electron chi connectivity index (χ4n) is 1.07. The molecular weight excluding hydrogens is 160 g/mol. The van der Waals surface area contributed by atoms with Crippen molar-refractivity contribution in [2.75, 3.05) is 33.4 Å². The van der Waals surface area contributed by atoms with Gasteiger partial charge in [0.05, 0.1) is 6.54 Å². The third kappa shape index (κ3) is 2.20. The van der Waals surface area contributed by atoms with Crippen molar-refractivity contribution in [3.63, 3.8) is 0 Å². The van der Waals surface area contributed by atoms with Crippen LogP contribution < -0.4 is 5.32 Å². The predicted octanol–water partition coefficient (Wildman–Crippen LogP) is -1.41. The van der Waals surface area contributed by atoms with Crippen LogP contribution in [-0.4, -0.2) is 50.1 Å². The summed E-state index contributed by atoms with van der Waals surface area (Å²) >= 11 is 0. The first-order chi connectivity index (χ1) is 5.74. The number of hydrogen-bond acceptors (Lipinski definition) is 3. The lowest BCUT2D eigenvalue weighted by Gasteiger charge is -2.26. The zero-order chi connectivity index (χ0) is 8.97. The van der Waals surface area contributed by atoms with E-state index in [2.05, 4.69) is 10.1 Å². The lowest BCUT2D eigenvalue weighted by molar-refractivity contribution is -0.141. The zero-order valence-corrected chi connectivity index (χ0v) is 7.00. The molecule has 0 bridgehead atoms. The number of rotatable bonds is 2. The molecule has 68 valence electrons. The normalized spacial score (nSPS) is 17.4. The quantitative estimate of drug-likeness (QED) is 0.557. The minimum absolute atomic E-state index is 0.0489. The molecule has 0 spiro atoms. The van der Waals surface area contributed by atoms with Gasteiger partial charge in [0.15, 0.2) is 0 Å². The maximum absolute atomic E-state index is 11.2. The molecule has 0 aromatic rings. The SMILES string of the molecule is COCC(=O)N1CCNC(=O)C1. The average molecular weight is 172 g/mol. The zero-order valence-electron chi connectivity index (χ0n) is 7.00. The number of nitrogens with zero attached hydrogens (tertiary/aromatic N) is 1. The van der Waals surface area contributed by atoms with Gasteiger partial charge in [-0.2, -0.15) is 0 Å². The highest BCUT2D eigenvalue weighted by Gasteiger charge is 2.20. The maximum Gasteiger partial charge on any atom is 0.249 e. The third-order valence-corrected chi connectivity index (χ3v) is 1.66. The van der Waals surface area contributed by atoms with Gasteiger partial charge < -0.3 is 15.0 Å². The molecule has 0 unspecified atom stereocenters. The molecule has 1 aliphatic rings. The van der Waals surface area contributed by atoms with E-state index in [1.165, 1.54) is 12.0 Å². The van der Waals surface area contributed by atoms with Gasteiger partial charge in [0, 0.05) is 20.2 Å². The minimum Gasteiger partial charge on any atom is -0.375 e. The Kier molecular flexibility index (Phi) is 3.04. The van der Waals surface area contributed by atoms with Crippen LogP contribution in [-0.2, 0) is 14.3 Å². The first-order valence-electron chi connectivity index (χ1n) is 3.77. The van der Waals surface area contributed by atoms with E-state index in [1.807, 2.05) is 0 Å². The number of methoxy groups -OCH3 is 1. The lowest BCUT2D eigenvalue weighted by atomic mass is 10.3. The summed E-state index contributed by atoms with van der Waals surface area (Å²) in [6.45, 7) is 1.32. The standard InChI is InChI=1S/C7H12N2O3/c1-12-5-7(11)9-3-2-8-6(10)4-9/h2-5H2,1H3,(H,8,10). The Labute approximate surface area is 70.7 Å². The summed E-state index contributed by atoms with van der Waals surface area (Å²) in [5.74, 6) is -0.238. The van der Waals surface area contributed by atoms with E-state index in [1.54, 1.807) is 0 Å². The number of carbonyl (C=O) groups excluding carboxylic acids is 2. The van der Waals surface area contributed by atoms with Crippen LogP contribution in [0.3, 0.4) is 0 Å². The van der Waals surface area contributed by atoms with Crippen molar-refractivity contribution in [2.24, 2.45) is 0 Å². The summed E-state index contributed by atoms with van der Waals surface area (Å²) < 4.78 is 4.67. The van der Waals surface area contributed by atoms with Gasteiger partial charge in [0.1, 0.15) is 6.61 Å². The van der Waals surface area contributed by atoms with E-state index >= 15 is 0 Å². The summed E-state index contributed by atoms with van der Waals surface area (Å²) in [4.78, 5) is 23.5. The summed E-state index contributed by atoms with van der Waals surface area (Å²) in [5.41, 5.74) is 0. The Morgan fingerprint density at radius 3 is 3.08 bits per heavy atom. The van der Waals surface area contributed by atoms with E-state index < -0.39 is 0 Å². The molecule has 1 saturated heterocycles. The Balaban J connectivity index is 2.40. The van der Waals surface area contributed by atoms with Gasteiger partial charge >= 0.3 is 0 Å². The Bertz CT molecular complexity index is 193. The van der Waals surface area contributed by atoms with Crippen LogP contribution >= 0.6 is 0 Å². The molecule has 5 heteroatoms. The maximum atomic E-state index is 11.2. The smallest absolute Gasteiger partial charge is 0.249 e. The van der Waals surface area contributed by atoms with Crippen molar-refractivity contribution in [3.05, 3.63) is 0 Å². The molecule has 2 amide bonds. The van der Waals surface area contributed by atoms with E-state index in [0.717, 1.165) is 0 Å². The van der Waals surface area contributed by atoms with Gasteiger partial charge in [-0.3, -0.25) is 9.59 Å². The number of hydrogen-bond donors (Lipinski definition) is 1. The van der Waals surface area contributed by atoms with Gasteiger partial charge in [0.2, 0.25) is 11.8 Å². The Morgan fingerprint density at radius 1 is 1.75 bits per heavy atom. The molecule has 12 heavy (non-hydrogen) atoms. The van der Waals surface area contributed by atoms with Gasteiger partial charge in [0.25, 0.3) is 0 Å². The molecule has 1 rings (SSSR count). The van der Waals surface area contributed by atoms with Crippen molar-refractivity contribution < 1.29 is 14.3 Å². The number of nitrogens with one attached hydrogen (secondary N) is 1. The van der Waals surface area contributed by atoms with E-state index in [-0.39, 0.29) is 25.0 Å². The van der Waals surface area contributed by atoms with Gasteiger partial charge in [-0.1, -0.05) is 0 Å². The lowest BCUT2D eigenvalue weighted by Crippen LogP contribution is -2.50. The predicted molar refractivity (Wildman–Crippen MR) is 41.5 cm³/mol. The van der Waals surface area contributed by atoms with Crippen LogP contribution in [0, 0.1) is 0 Å². The average Bonchev–Trinajstić information content (AvgIpc) is 2.05. The van der Waals surface area contributed by atoms with Crippen LogP contribution in [0.15, 0.2) is 0 Å². The van der Waals surface area contributed by atoms with E-state index in [0.29, 0.717) is 13.1 Å². The van der Waals surface area contributed by atoms with E-state index in [4.69, 9.17) is 0 Å². The highest BCUT2D eigenvalue weighted by Crippen LogP contribution is 1.94. The molecule has 0 aromatic carbocycles. The molecule has 0 aromatic heterocycles. The second-order valence-electron chi connectivity index (χ2n) is 2.60. The molecule has 0 aliphatic carbocycles. The number of carbonyl (C=O) groups is 2. The van der Waals surface area contributed by atoms with Crippen LogP contribution in [0.1, 0.15) is 0 Å². The third-order valence-electron chi connectivity index (χ3n) is 1.66. The van der Waals surface area contributed by atoms with Crippen molar-refractivity contribution in [1.82, 2.24) is 10.2 Å². The molecular formula is C7H12N2O3. The molecule has 0 radical (unpaired) electrons. The second kappa shape index (κ2) is 4.06. The fourth-order valence-corrected chi connectivity index (χ4v) is 1.07. The molecule has 5 nitrogen and oxygen atoms in total. The Hall–Kier alpha value is -1.10. The van der Waals surface area contributed by atoms with Crippen molar-refractivity contribution in [2.45, 2.75) is 0 Å². The first kappa shape index (κ1) is 8.99. The van der Waals surface area contributed by atoms with Crippen molar-refractivity contribution >= 4 is 11.8 Å². The van der Waals surface area contributed by atoms with Crippen molar-refractivity contribution in [3.8, 4) is 0 Å². The number of amides is 2. The molecule has 1 N–H and O–H groups in total. The number of ether oxygens (including phenoxy) is 1. The van der Waals surface area contributed by atoms with Crippen LogP contribution in [0.5, 0.6) is 0 Å². The molecule has 1 fully saturated rings. The summed E-state index contributed by atoms with van der Waals surface area (Å²) in [7, 11) is 1.46. The second-order valence-corrected chi connectivity index (χ2v) is 2.60. The van der Waals surface area contributed by atoms with Gasteiger partial charge in [-0.15, -0.1) is 0 Å². The largest absolute Gasteiger partial charge is 0.375 e. The highest BCUT2D eigenvalue weighted by molar-refractivity contribution is 5.86. The summed E-state index contributed by atoms with van der Waals surface area (Å²) in [6, 6.07) is 0. The summed E-state index contributed by atoms with van der Waals surface area (Å²) in [5, 5.41) is 2.64. The van der Waals surface area contributed by atoms with E-state index in [9.17, 15) is 9.59 Å². The highest BCUT2D eigenvalue weighted by atomic mass is 16.5. The van der Waals surface area contributed by atoms with Crippen LogP contribution in [0.25, 0.3) is 0 Å².